The molecule has 5 rings (SSSR count). The summed E-state index contributed by atoms with van der Waals surface area (Å²) in [6.07, 6.45) is -0.564. The lowest BCUT2D eigenvalue weighted by atomic mass is 9.64. The number of imide groups is 1. The Morgan fingerprint density at radius 1 is 1.18 bits per heavy atom. The Morgan fingerprint density at radius 2 is 1.94 bits per heavy atom. The summed E-state index contributed by atoms with van der Waals surface area (Å²) in [5.74, 6) is -6.41. The van der Waals surface area contributed by atoms with Gasteiger partial charge in [-0.2, -0.15) is 0 Å². The topological polar surface area (TPSA) is 150 Å². The highest BCUT2D eigenvalue weighted by molar-refractivity contribution is 6.31. The zero-order chi connectivity index (χ0) is 24.4. The first kappa shape index (κ1) is 22.7. The number of phenols is 1. The third-order valence-corrected chi connectivity index (χ3v) is 7.54. The van der Waals surface area contributed by atoms with E-state index in [0.29, 0.717) is 5.56 Å². The van der Waals surface area contributed by atoms with E-state index < -0.39 is 58.9 Å². The molecule has 2 saturated heterocycles. The highest BCUT2D eigenvalue weighted by Gasteiger charge is 2.67. The van der Waals surface area contributed by atoms with Gasteiger partial charge in [-0.25, -0.2) is 4.90 Å². The Labute approximate surface area is 198 Å². The van der Waals surface area contributed by atoms with Gasteiger partial charge in [0.15, 0.2) is 5.79 Å². The number of benzene rings is 2. The predicted octanol–water partition coefficient (Wildman–Crippen LogP) is 2.54. The number of aliphatic hydroxyl groups is 2. The number of rotatable bonds is 4. The van der Waals surface area contributed by atoms with E-state index in [0.717, 1.165) is 11.0 Å². The molecule has 11 heteroatoms. The van der Waals surface area contributed by atoms with E-state index in [9.17, 15) is 35.0 Å². The average Bonchev–Trinajstić information content (AvgIpc) is 3.26. The highest BCUT2D eigenvalue weighted by atomic mass is 35.5. The molecule has 2 aromatic carbocycles. The summed E-state index contributed by atoms with van der Waals surface area (Å²) in [5, 5.41) is 42.6. The van der Waals surface area contributed by atoms with Crippen LogP contribution in [0.1, 0.15) is 24.5 Å². The minimum absolute atomic E-state index is 0.0141. The smallest absolute Gasteiger partial charge is 0.271 e. The number of aliphatic hydroxyl groups excluding tert-OH is 1. The van der Waals surface area contributed by atoms with E-state index in [1.54, 1.807) is 6.07 Å². The molecule has 34 heavy (non-hydrogen) atoms. The number of aromatic hydroxyl groups is 1. The lowest BCUT2D eigenvalue weighted by molar-refractivity contribution is -0.384. The van der Waals surface area contributed by atoms with Gasteiger partial charge in [-0.15, -0.1) is 0 Å². The Hall–Kier alpha value is -3.05. The van der Waals surface area contributed by atoms with Gasteiger partial charge in [-0.1, -0.05) is 23.7 Å². The number of ether oxygens (including phenoxy) is 1. The third kappa shape index (κ3) is 3.29. The number of non-ortho nitro benzene ring substituents is 1. The summed E-state index contributed by atoms with van der Waals surface area (Å²) in [7, 11) is 0. The number of hydrogen-bond acceptors (Lipinski definition) is 8. The van der Waals surface area contributed by atoms with Crippen LogP contribution >= 0.6 is 11.6 Å². The number of carbonyl (C=O) groups is 2. The van der Waals surface area contributed by atoms with Gasteiger partial charge < -0.3 is 20.1 Å². The minimum atomic E-state index is -1.88. The lowest BCUT2D eigenvalue weighted by Gasteiger charge is -2.44. The van der Waals surface area contributed by atoms with Crippen molar-refractivity contribution in [3.8, 4) is 5.75 Å². The molecule has 2 aliphatic heterocycles. The lowest BCUT2D eigenvalue weighted by Crippen LogP contribution is -2.54. The summed E-state index contributed by atoms with van der Waals surface area (Å²) < 4.78 is 6.00. The summed E-state index contributed by atoms with van der Waals surface area (Å²) >= 11 is 6.27. The van der Waals surface area contributed by atoms with Crippen LogP contribution in [0, 0.1) is 33.8 Å². The van der Waals surface area contributed by atoms with Crippen LogP contribution in [0.25, 0.3) is 0 Å². The molecule has 0 spiro atoms. The standard InChI is InChI=1S/C23H21ClN2O8/c24-18-8-14(28)4-5-15(18)19-9-17-20-16(6-11(10-27)23(17,31)34-19)21(29)25(22(20)30)12-2-1-3-13(7-12)26(32)33/h1-5,7-8,11,16-17,19-20,27-28,31H,6,9-10H2/t11-,16+,17+,19+,20+,23-/m1/s1. The molecule has 0 unspecified atom stereocenters. The number of anilines is 1. The van der Waals surface area contributed by atoms with Gasteiger partial charge in [0, 0.05) is 24.0 Å². The number of phenolic OH excluding ortho intramolecular Hbond substituents is 1. The van der Waals surface area contributed by atoms with E-state index in [2.05, 4.69) is 0 Å². The molecule has 0 radical (unpaired) electrons. The molecular weight excluding hydrogens is 468 g/mol. The molecule has 178 valence electrons. The monoisotopic (exact) mass is 488 g/mol. The van der Waals surface area contributed by atoms with Crippen molar-refractivity contribution in [2.45, 2.75) is 24.7 Å². The Morgan fingerprint density at radius 3 is 2.62 bits per heavy atom. The van der Waals surface area contributed by atoms with Gasteiger partial charge in [0.1, 0.15) is 5.75 Å². The van der Waals surface area contributed by atoms with Crippen molar-refractivity contribution in [1.82, 2.24) is 0 Å². The van der Waals surface area contributed by atoms with Crippen LogP contribution in [0.5, 0.6) is 5.75 Å². The largest absolute Gasteiger partial charge is 0.508 e. The van der Waals surface area contributed by atoms with Crippen molar-refractivity contribution in [2.75, 3.05) is 11.5 Å². The van der Waals surface area contributed by atoms with E-state index in [-0.39, 0.29) is 35.0 Å². The number of carbonyl (C=O) groups excluding carboxylic acids is 2. The summed E-state index contributed by atoms with van der Waals surface area (Å²) in [5.41, 5.74) is 0.325. The Kier molecular flexibility index (Phi) is 5.36. The van der Waals surface area contributed by atoms with Crippen molar-refractivity contribution in [1.29, 1.82) is 0 Å². The quantitative estimate of drug-likeness (QED) is 0.337. The van der Waals surface area contributed by atoms with Gasteiger partial charge in [0.2, 0.25) is 11.8 Å². The number of nitro benzene ring substituents is 1. The molecule has 0 aromatic heterocycles. The predicted molar refractivity (Wildman–Crippen MR) is 118 cm³/mol. The molecule has 2 amide bonds. The van der Waals surface area contributed by atoms with Crippen molar-refractivity contribution in [3.63, 3.8) is 0 Å². The second-order valence-corrected chi connectivity index (χ2v) is 9.35. The van der Waals surface area contributed by atoms with E-state index in [1.165, 1.54) is 30.3 Å². The van der Waals surface area contributed by atoms with E-state index >= 15 is 0 Å². The van der Waals surface area contributed by atoms with Gasteiger partial charge in [0.05, 0.1) is 40.2 Å². The van der Waals surface area contributed by atoms with Crippen molar-refractivity contribution >= 4 is 34.8 Å². The number of nitrogens with zero attached hydrogens (tertiary/aromatic N) is 2. The molecular formula is C23H21ClN2O8. The van der Waals surface area contributed by atoms with Crippen LogP contribution in [0.2, 0.25) is 5.02 Å². The van der Waals surface area contributed by atoms with Crippen LogP contribution in [-0.2, 0) is 14.3 Å². The molecule has 1 aliphatic carbocycles. The van der Waals surface area contributed by atoms with Crippen molar-refractivity contribution < 1.29 is 34.6 Å². The van der Waals surface area contributed by atoms with Crippen LogP contribution in [0.15, 0.2) is 42.5 Å². The minimum Gasteiger partial charge on any atom is -0.508 e. The number of halogens is 1. The summed E-state index contributed by atoms with van der Waals surface area (Å²) in [6, 6.07) is 9.59. The number of fused-ring (bicyclic) bond motifs is 3. The zero-order valence-electron chi connectivity index (χ0n) is 17.7. The molecule has 2 aromatic rings. The second kappa shape index (κ2) is 8.02. The SMILES string of the molecule is O=C1[C@H]2[C@H](C[C@H](CO)[C@@]3(O)O[C@H](c4ccc(O)cc4Cl)C[C@@H]23)C(=O)N1c1cccc([N+](=O)[O-])c1. The fraction of sp³-hybridized carbons (Fsp3) is 0.391. The maximum absolute atomic E-state index is 13.5. The van der Waals surface area contributed by atoms with Gasteiger partial charge in [0.25, 0.3) is 5.69 Å². The highest BCUT2D eigenvalue weighted by Crippen LogP contribution is 2.59. The first-order valence-electron chi connectivity index (χ1n) is 10.8. The number of amides is 2. The average molecular weight is 489 g/mol. The summed E-state index contributed by atoms with van der Waals surface area (Å²) in [4.78, 5) is 38.3. The van der Waals surface area contributed by atoms with Crippen LogP contribution in [-0.4, -0.2) is 44.5 Å². The first-order valence-corrected chi connectivity index (χ1v) is 11.1. The molecule has 6 atom stereocenters. The van der Waals surface area contributed by atoms with Crippen molar-refractivity contribution in [2.24, 2.45) is 23.7 Å². The maximum Gasteiger partial charge on any atom is 0.271 e. The molecule has 3 N–H and O–H groups in total. The molecule has 2 heterocycles. The van der Waals surface area contributed by atoms with Crippen LogP contribution in [0.4, 0.5) is 11.4 Å². The number of hydrogen-bond donors (Lipinski definition) is 3. The fourth-order valence-corrected chi connectivity index (χ4v) is 5.96. The van der Waals surface area contributed by atoms with Gasteiger partial charge in [-0.05, 0) is 36.6 Å². The van der Waals surface area contributed by atoms with E-state index in [4.69, 9.17) is 16.3 Å². The Bertz CT molecular complexity index is 1210. The fourth-order valence-electron chi connectivity index (χ4n) is 5.66. The van der Waals surface area contributed by atoms with Gasteiger partial charge >= 0.3 is 0 Å². The van der Waals surface area contributed by atoms with Crippen LogP contribution in [0.3, 0.4) is 0 Å². The number of nitro groups is 1. The third-order valence-electron chi connectivity index (χ3n) is 7.21. The zero-order valence-corrected chi connectivity index (χ0v) is 18.5. The molecule has 3 aliphatic rings. The first-order chi connectivity index (χ1) is 16.2. The Balaban J connectivity index is 1.53. The molecule has 10 nitrogen and oxygen atoms in total. The van der Waals surface area contributed by atoms with Crippen LogP contribution < -0.4 is 4.90 Å². The van der Waals surface area contributed by atoms with E-state index in [1.807, 2.05) is 0 Å². The summed E-state index contributed by atoms with van der Waals surface area (Å²) in [6.45, 7) is -0.468. The second-order valence-electron chi connectivity index (χ2n) is 8.94. The molecule has 0 bridgehead atoms. The molecule has 1 saturated carbocycles. The maximum atomic E-state index is 13.5. The van der Waals surface area contributed by atoms with Gasteiger partial charge in [-0.3, -0.25) is 19.7 Å². The van der Waals surface area contributed by atoms with Crippen molar-refractivity contribution in [3.05, 3.63) is 63.2 Å². The normalized spacial score (nSPS) is 32.6. The molecule has 3 fully saturated rings.